The number of hydrogen-bond donors (Lipinski definition) is 1. The Bertz CT molecular complexity index is 378. The summed E-state index contributed by atoms with van der Waals surface area (Å²) in [4.78, 5) is 11.5. The predicted octanol–water partition coefficient (Wildman–Crippen LogP) is 3.38. The Labute approximate surface area is 108 Å². The molecule has 0 aliphatic heterocycles. The van der Waals surface area contributed by atoms with Gasteiger partial charge in [-0.3, -0.25) is 0 Å². The smallest absolute Gasteiger partial charge is 0.335 e. The molecule has 0 atom stereocenters. The van der Waals surface area contributed by atoms with Crippen LogP contribution >= 0.6 is 0 Å². The van der Waals surface area contributed by atoms with Crippen molar-refractivity contribution in [3.8, 4) is 0 Å². The Morgan fingerprint density at radius 1 is 1.11 bits per heavy atom. The van der Waals surface area contributed by atoms with Crippen LogP contribution in [-0.4, -0.2) is 16.7 Å². The third-order valence-electron chi connectivity index (χ3n) is 3.66. The molecule has 1 aromatic rings. The van der Waals surface area contributed by atoms with E-state index in [0.717, 1.165) is 31.2 Å². The lowest BCUT2D eigenvalue weighted by Crippen LogP contribution is -2.41. The van der Waals surface area contributed by atoms with Crippen LogP contribution in [0.2, 0.25) is 0 Å². The molecule has 2 rings (SSSR count). The molecule has 0 heterocycles. The number of carbonyl (C=O) groups is 1. The van der Waals surface area contributed by atoms with Crippen molar-refractivity contribution in [1.82, 2.24) is 0 Å². The number of aliphatic carboxylic acids is 1. The molecule has 0 bridgehead atoms. The molecule has 0 amide bonds. The summed E-state index contributed by atoms with van der Waals surface area (Å²) in [7, 11) is 0. The first kappa shape index (κ1) is 13.1. The van der Waals surface area contributed by atoms with Gasteiger partial charge in [0, 0.05) is 0 Å². The van der Waals surface area contributed by atoms with Gasteiger partial charge in [-0.1, -0.05) is 43.2 Å². The van der Waals surface area contributed by atoms with E-state index >= 15 is 0 Å². The van der Waals surface area contributed by atoms with Crippen molar-refractivity contribution >= 4 is 5.97 Å². The van der Waals surface area contributed by atoms with Gasteiger partial charge >= 0.3 is 5.97 Å². The van der Waals surface area contributed by atoms with Crippen molar-refractivity contribution in [3.63, 3.8) is 0 Å². The van der Waals surface area contributed by atoms with Gasteiger partial charge < -0.3 is 9.84 Å². The molecule has 0 aromatic heterocycles. The van der Waals surface area contributed by atoms with Gasteiger partial charge in [-0.15, -0.1) is 0 Å². The average Bonchev–Trinajstić information content (AvgIpc) is 2.64. The summed E-state index contributed by atoms with van der Waals surface area (Å²) in [6.07, 6.45) is 5.39. The molecule has 1 fully saturated rings. The molecular weight excluding hydrogens is 228 g/mol. The second-order valence-electron chi connectivity index (χ2n) is 4.99. The molecule has 3 nitrogen and oxygen atoms in total. The van der Waals surface area contributed by atoms with E-state index in [0.29, 0.717) is 19.4 Å². The van der Waals surface area contributed by atoms with E-state index in [1.54, 1.807) is 0 Å². The highest BCUT2D eigenvalue weighted by Crippen LogP contribution is 2.31. The van der Waals surface area contributed by atoms with Crippen LogP contribution in [0.1, 0.15) is 44.1 Å². The molecule has 18 heavy (non-hydrogen) atoms. The van der Waals surface area contributed by atoms with Gasteiger partial charge in [0.25, 0.3) is 0 Å². The molecule has 1 saturated carbocycles. The van der Waals surface area contributed by atoms with E-state index in [1.807, 2.05) is 30.3 Å². The summed E-state index contributed by atoms with van der Waals surface area (Å²) in [5.74, 6) is -0.805. The third kappa shape index (κ3) is 3.10. The zero-order valence-electron chi connectivity index (χ0n) is 10.6. The van der Waals surface area contributed by atoms with Crippen LogP contribution in [0.5, 0.6) is 0 Å². The van der Waals surface area contributed by atoms with Crippen molar-refractivity contribution in [2.45, 2.75) is 50.7 Å². The molecule has 0 unspecified atom stereocenters. The number of hydrogen-bond acceptors (Lipinski definition) is 2. The van der Waals surface area contributed by atoms with E-state index in [9.17, 15) is 9.90 Å². The Balaban J connectivity index is 2.04. The summed E-state index contributed by atoms with van der Waals surface area (Å²) in [5.41, 5.74) is 0.0640. The highest BCUT2D eigenvalue weighted by atomic mass is 16.5. The van der Waals surface area contributed by atoms with Crippen molar-refractivity contribution < 1.29 is 14.6 Å². The monoisotopic (exact) mass is 248 g/mol. The van der Waals surface area contributed by atoms with Gasteiger partial charge in [0.2, 0.25) is 0 Å². The molecule has 1 aromatic carbocycles. The lowest BCUT2D eigenvalue weighted by molar-refractivity contribution is -0.170. The molecule has 1 aliphatic rings. The minimum atomic E-state index is -0.966. The molecule has 98 valence electrons. The Kier molecular flexibility index (Phi) is 4.37. The third-order valence-corrected chi connectivity index (χ3v) is 3.66. The quantitative estimate of drug-likeness (QED) is 0.831. The molecule has 3 heteroatoms. The minimum absolute atomic E-state index is 0.382. The SMILES string of the molecule is O=C(O)C1(OCc2ccccc2)CCCCCC1. The van der Waals surface area contributed by atoms with Crippen LogP contribution in [0.15, 0.2) is 30.3 Å². The van der Waals surface area contributed by atoms with Crippen LogP contribution in [0.3, 0.4) is 0 Å². The summed E-state index contributed by atoms with van der Waals surface area (Å²) in [5, 5.41) is 9.47. The zero-order valence-corrected chi connectivity index (χ0v) is 10.6. The summed E-state index contributed by atoms with van der Waals surface area (Å²) >= 11 is 0. The summed E-state index contributed by atoms with van der Waals surface area (Å²) in [6.45, 7) is 0.382. The van der Waals surface area contributed by atoms with E-state index in [4.69, 9.17) is 4.74 Å². The summed E-state index contributed by atoms with van der Waals surface area (Å²) in [6, 6.07) is 9.76. The Hall–Kier alpha value is -1.35. The van der Waals surface area contributed by atoms with E-state index in [-0.39, 0.29) is 0 Å². The molecular formula is C15H20O3. The second-order valence-corrected chi connectivity index (χ2v) is 4.99. The number of carboxylic acid groups (broad SMARTS) is 1. The van der Waals surface area contributed by atoms with Crippen molar-refractivity contribution in [3.05, 3.63) is 35.9 Å². The molecule has 1 N–H and O–H groups in total. The largest absolute Gasteiger partial charge is 0.479 e. The van der Waals surface area contributed by atoms with Gasteiger partial charge in [-0.2, -0.15) is 0 Å². The Morgan fingerprint density at radius 2 is 1.72 bits per heavy atom. The lowest BCUT2D eigenvalue weighted by atomic mass is 9.94. The van der Waals surface area contributed by atoms with Crippen LogP contribution in [-0.2, 0) is 16.1 Å². The summed E-state index contributed by atoms with van der Waals surface area (Å²) < 4.78 is 5.80. The van der Waals surface area contributed by atoms with E-state index in [2.05, 4.69) is 0 Å². The first-order valence-corrected chi connectivity index (χ1v) is 6.64. The van der Waals surface area contributed by atoms with Crippen molar-refractivity contribution in [1.29, 1.82) is 0 Å². The van der Waals surface area contributed by atoms with Gasteiger partial charge in [0.05, 0.1) is 6.61 Å². The maximum atomic E-state index is 11.5. The first-order valence-electron chi connectivity index (χ1n) is 6.64. The Morgan fingerprint density at radius 3 is 2.28 bits per heavy atom. The van der Waals surface area contributed by atoms with E-state index in [1.165, 1.54) is 0 Å². The van der Waals surface area contributed by atoms with Crippen molar-refractivity contribution in [2.75, 3.05) is 0 Å². The topological polar surface area (TPSA) is 46.5 Å². The maximum absolute atomic E-state index is 11.5. The average molecular weight is 248 g/mol. The van der Waals surface area contributed by atoms with Gasteiger partial charge in [0.15, 0.2) is 5.60 Å². The fraction of sp³-hybridized carbons (Fsp3) is 0.533. The number of benzene rings is 1. The molecule has 0 radical (unpaired) electrons. The van der Waals surface area contributed by atoms with Crippen molar-refractivity contribution in [2.24, 2.45) is 0 Å². The zero-order chi connectivity index (χ0) is 12.8. The maximum Gasteiger partial charge on any atom is 0.335 e. The second kappa shape index (κ2) is 6.01. The molecule has 0 spiro atoms. The number of rotatable bonds is 4. The van der Waals surface area contributed by atoms with Gasteiger partial charge in [0.1, 0.15) is 0 Å². The van der Waals surface area contributed by atoms with Crippen LogP contribution in [0, 0.1) is 0 Å². The standard InChI is InChI=1S/C15H20O3/c16-14(17)15(10-6-1-2-7-11-15)18-12-13-8-4-3-5-9-13/h3-5,8-9H,1-2,6-7,10-12H2,(H,16,17). The normalized spacial score (nSPS) is 19.1. The van der Waals surface area contributed by atoms with Crippen LogP contribution < -0.4 is 0 Å². The fourth-order valence-electron chi connectivity index (χ4n) is 2.52. The fourth-order valence-corrected chi connectivity index (χ4v) is 2.52. The first-order chi connectivity index (χ1) is 8.73. The number of ether oxygens (including phenoxy) is 1. The van der Waals surface area contributed by atoms with Gasteiger partial charge in [-0.25, -0.2) is 4.79 Å². The highest BCUT2D eigenvalue weighted by molar-refractivity contribution is 5.77. The molecule has 1 aliphatic carbocycles. The van der Waals surface area contributed by atoms with Crippen LogP contribution in [0.4, 0.5) is 0 Å². The molecule has 0 saturated heterocycles. The van der Waals surface area contributed by atoms with Crippen LogP contribution in [0.25, 0.3) is 0 Å². The predicted molar refractivity (Wildman–Crippen MR) is 69.3 cm³/mol. The highest BCUT2D eigenvalue weighted by Gasteiger charge is 2.39. The van der Waals surface area contributed by atoms with Gasteiger partial charge in [-0.05, 0) is 31.2 Å². The number of carboxylic acids is 1. The minimum Gasteiger partial charge on any atom is -0.479 e. The lowest BCUT2D eigenvalue weighted by Gasteiger charge is -2.28. The van der Waals surface area contributed by atoms with E-state index < -0.39 is 11.6 Å².